The average Bonchev–Trinajstić information content (AvgIpc) is 2.59. The third kappa shape index (κ3) is 3.85. The first-order chi connectivity index (χ1) is 12.4. The Hall–Kier alpha value is -3.28. The molecule has 132 valence electrons. The first-order valence-electron chi connectivity index (χ1n) is 8.31. The largest absolute Gasteiger partial charge is 0.347 e. The average molecular weight is 348 g/mol. The van der Waals surface area contributed by atoms with E-state index in [0.717, 1.165) is 27.8 Å². The number of carbonyl (C=O) groups is 1. The Balaban J connectivity index is 1.91. The zero-order chi connectivity index (χ0) is 18.7. The van der Waals surface area contributed by atoms with E-state index in [-0.39, 0.29) is 11.6 Å². The van der Waals surface area contributed by atoms with E-state index in [4.69, 9.17) is 0 Å². The third-order valence-corrected chi connectivity index (χ3v) is 4.12. The van der Waals surface area contributed by atoms with Crippen LogP contribution in [0.3, 0.4) is 0 Å². The second-order valence-electron chi connectivity index (χ2n) is 6.30. The van der Waals surface area contributed by atoms with Crippen molar-refractivity contribution in [2.75, 3.05) is 0 Å². The first kappa shape index (κ1) is 17.5. The summed E-state index contributed by atoms with van der Waals surface area (Å²) in [7, 11) is 0. The summed E-state index contributed by atoms with van der Waals surface area (Å²) in [6.07, 6.45) is 3.33. The maximum atomic E-state index is 12.5. The number of nitrogens with one attached hydrogen (secondary N) is 2. The fraction of sp³-hybridized carbons (Fsp3) is 0.200. The van der Waals surface area contributed by atoms with Crippen molar-refractivity contribution in [1.29, 1.82) is 0 Å². The predicted molar refractivity (Wildman–Crippen MR) is 99.9 cm³/mol. The summed E-state index contributed by atoms with van der Waals surface area (Å²) in [6.45, 7) is 6.32. The van der Waals surface area contributed by atoms with Crippen LogP contribution >= 0.6 is 0 Å². The topological polar surface area (TPSA) is 87.7 Å². The molecular formula is C20H20N4O2. The van der Waals surface area contributed by atoms with E-state index in [2.05, 4.69) is 20.3 Å². The second kappa shape index (κ2) is 7.31. The molecule has 0 spiro atoms. The number of pyridine rings is 1. The highest BCUT2D eigenvalue weighted by Gasteiger charge is 2.14. The summed E-state index contributed by atoms with van der Waals surface area (Å²) in [5.74, 6) is -0.356. The minimum absolute atomic E-state index is 0.188. The number of hydrogen-bond donors (Lipinski definition) is 2. The van der Waals surface area contributed by atoms with Gasteiger partial charge in [-0.1, -0.05) is 17.7 Å². The molecule has 2 heterocycles. The lowest BCUT2D eigenvalue weighted by Crippen LogP contribution is -2.27. The van der Waals surface area contributed by atoms with Crippen LogP contribution in [0.1, 0.15) is 32.7 Å². The van der Waals surface area contributed by atoms with Gasteiger partial charge in [-0.05, 0) is 55.7 Å². The van der Waals surface area contributed by atoms with Crippen LogP contribution in [0, 0.1) is 20.8 Å². The molecule has 0 aliphatic carbocycles. The van der Waals surface area contributed by atoms with Crippen LogP contribution in [0.4, 0.5) is 0 Å². The van der Waals surface area contributed by atoms with Gasteiger partial charge in [-0.3, -0.25) is 9.78 Å². The monoisotopic (exact) mass is 348 g/mol. The highest BCUT2D eigenvalue weighted by Crippen LogP contribution is 2.26. The molecule has 1 aromatic carbocycles. The zero-order valence-corrected chi connectivity index (χ0v) is 15.0. The molecule has 0 radical (unpaired) electrons. The Kier molecular flexibility index (Phi) is 4.93. The summed E-state index contributed by atoms with van der Waals surface area (Å²) in [4.78, 5) is 35.0. The van der Waals surface area contributed by atoms with Gasteiger partial charge < -0.3 is 10.3 Å². The van der Waals surface area contributed by atoms with Gasteiger partial charge in [-0.2, -0.15) is 4.98 Å². The van der Waals surface area contributed by atoms with Crippen molar-refractivity contribution in [3.63, 3.8) is 0 Å². The summed E-state index contributed by atoms with van der Waals surface area (Å²) in [6, 6.07) is 9.33. The predicted octanol–water partition coefficient (Wildman–Crippen LogP) is 2.69. The van der Waals surface area contributed by atoms with Crippen molar-refractivity contribution in [1.82, 2.24) is 20.3 Å². The Morgan fingerprint density at radius 2 is 1.73 bits per heavy atom. The number of rotatable bonds is 4. The summed E-state index contributed by atoms with van der Waals surface area (Å²) in [5, 5.41) is 2.79. The van der Waals surface area contributed by atoms with Crippen molar-refractivity contribution < 1.29 is 4.79 Å². The number of aryl methyl sites for hydroxylation is 3. The van der Waals surface area contributed by atoms with E-state index in [1.165, 1.54) is 0 Å². The van der Waals surface area contributed by atoms with E-state index in [1.807, 2.05) is 45.0 Å². The van der Waals surface area contributed by atoms with E-state index in [9.17, 15) is 9.59 Å². The highest BCUT2D eigenvalue weighted by molar-refractivity contribution is 5.93. The number of hydrogen-bond acceptors (Lipinski definition) is 4. The lowest BCUT2D eigenvalue weighted by Gasteiger charge is -2.12. The van der Waals surface area contributed by atoms with Crippen LogP contribution < -0.4 is 11.0 Å². The summed E-state index contributed by atoms with van der Waals surface area (Å²) < 4.78 is 0. The minimum atomic E-state index is -0.545. The van der Waals surface area contributed by atoms with Crippen LogP contribution in [0.25, 0.3) is 11.3 Å². The maximum Gasteiger partial charge on any atom is 0.346 e. The van der Waals surface area contributed by atoms with E-state index < -0.39 is 5.69 Å². The second-order valence-corrected chi connectivity index (χ2v) is 6.30. The number of H-pyrrole nitrogens is 1. The van der Waals surface area contributed by atoms with Crippen LogP contribution in [0.5, 0.6) is 0 Å². The molecule has 6 heteroatoms. The van der Waals surface area contributed by atoms with Crippen LogP contribution in [0.2, 0.25) is 0 Å². The van der Waals surface area contributed by atoms with E-state index in [1.54, 1.807) is 18.5 Å². The lowest BCUT2D eigenvalue weighted by molar-refractivity contribution is 0.0945. The quantitative estimate of drug-likeness (QED) is 0.759. The number of amides is 1. The van der Waals surface area contributed by atoms with Crippen LogP contribution in [0.15, 0.2) is 47.5 Å². The maximum absolute atomic E-state index is 12.5. The highest BCUT2D eigenvalue weighted by atomic mass is 16.2. The molecule has 0 fully saturated rings. The molecule has 26 heavy (non-hydrogen) atoms. The van der Waals surface area contributed by atoms with Gasteiger partial charge in [0.1, 0.15) is 5.69 Å². The van der Waals surface area contributed by atoms with E-state index >= 15 is 0 Å². The number of carbonyl (C=O) groups excluding carboxylic acids is 1. The molecule has 0 saturated carbocycles. The van der Waals surface area contributed by atoms with Gasteiger partial charge in [0.05, 0.1) is 5.69 Å². The normalized spacial score (nSPS) is 10.6. The van der Waals surface area contributed by atoms with Crippen molar-refractivity contribution in [3.8, 4) is 11.3 Å². The Morgan fingerprint density at radius 1 is 1.08 bits per heavy atom. The molecular weight excluding hydrogens is 328 g/mol. The molecule has 0 unspecified atom stereocenters. The fourth-order valence-electron chi connectivity index (χ4n) is 3.07. The molecule has 3 aromatic rings. The number of nitrogens with zero attached hydrogens (tertiary/aromatic N) is 2. The molecule has 0 aliphatic rings. The van der Waals surface area contributed by atoms with Gasteiger partial charge in [0.25, 0.3) is 5.91 Å². The van der Waals surface area contributed by atoms with Gasteiger partial charge >= 0.3 is 5.69 Å². The molecule has 3 rings (SSSR count). The van der Waals surface area contributed by atoms with Crippen LogP contribution in [-0.2, 0) is 6.54 Å². The standard InChI is InChI=1S/C20H20N4O2/c1-12-8-13(2)18(14(3)9-12)16-10-17(24-20(26)23-16)19(25)22-11-15-4-6-21-7-5-15/h4-10H,11H2,1-3H3,(H,22,25)(H,23,24,26). The van der Waals surface area contributed by atoms with Crippen molar-refractivity contribution in [3.05, 3.63) is 81.2 Å². The van der Waals surface area contributed by atoms with Gasteiger partial charge in [0, 0.05) is 24.5 Å². The number of benzene rings is 1. The molecule has 6 nitrogen and oxygen atoms in total. The van der Waals surface area contributed by atoms with E-state index in [0.29, 0.717) is 12.2 Å². The third-order valence-electron chi connectivity index (χ3n) is 4.12. The first-order valence-corrected chi connectivity index (χ1v) is 8.31. The summed E-state index contributed by atoms with van der Waals surface area (Å²) in [5.41, 5.74) is 5.12. The van der Waals surface area contributed by atoms with Gasteiger partial charge in [0.15, 0.2) is 0 Å². The summed E-state index contributed by atoms with van der Waals surface area (Å²) >= 11 is 0. The molecule has 0 saturated heterocycles. The SMILES string of the molecule is Cc1cc(C)c(-c2cc(C(=O)NCc3ccncc3)[nH]c(=O)n2)c(C)c1. The van der Waals surface area contributed by atoms with Crippen molar-refractivity contribution in [2.24, 2.45) is 0 Å². The lowest BCUT2D eigenvalue weighted by atomic mass is 9.97. The van der Waals surface area contributed by atoms with Gasteiger partial charge in [-0.25, -0.2) is 4.79 Å². The van der Waals surface area contributed by atoms with Crippen LogP contribution in [-0.4, -0.2) is 20.9 Å². The smallest absolute Gasteiger partial charge is 0.346 e. The molecule has 2 N–H and O–H groups in total. The molecule has 2 aromatic heterocycles. The van der Waals surface area contributed by atoms with Gasteiger partial charge in [0.2, 0.25) is 0 Å². The Bertz CT molecular complexity index is 987. The Labute approximate surface area is 151 Å². The minimum Gasteiger partial charge on any atom is -0.347 e. The zero-order valence-electron chi connectivity index (χ0n) is 15.0. The Morgan fingerprint density at radius 3 is 2.38 bits per heavy atom. The van der Waals surface area contributed by atoms with Crippen molar-refractivity contribution in [2.45, 2.75) is 27.3 Å². The molecule has 1 amide bonds. The number of aromatic amines is 1. The van der Waals surface area contributed by atoms with Crippen molar-refractivity contribution >= 4 is 5.91 Å². The molecule has 0 atom stereocenters. The molecule has 0 bridgehead atoms. The van der Waals surface area contributed by atoms with Gasteiger partial charge in [-0.15, -0.1) is 0 Å². The fourth-order valence-corrected chi connectivity index (χ4v) is 3.07. The molecule has 0 aliphatic heterocycles. The number of aromatic nitrogens is 3.